The molecule has 3 N–H and O–H groups in total. The van der Waals surface area contributed by atoms with Crippen LogP contribution in [-0.2, 0) is 30.1 Å². The van der Waals surface area contributed by atoms with Gasteiger partial charge in [-0.15, -0.1) is 0 Å². The molecule has 0 aliphatic carbocycles. The Labute approximate surface area is 210 Å². The molecule has 0 aliphatic heterocycles. The second kappa shape index (κ2) is 10.0. The fourth-order valence-electron chi connectivity index (χ4n) is 3.20. The Morgan fingerprint density at radius 3 is 1.17 bits per heavy atom. The minimum Gasteiger partial charge on any atom is -0.280 e. The van der Waals surface area contributed by atoms with Crippen molar-refractivity contribution in [3.8, 4) is 0 Å². The predicted molar refractivity (Wildman–Crippen MR) is 138 cm³/mol. The lowest BCUT2D eigenvalue weighted by molar-refractivity contribution is 0.599. The van der Waals surface area contributed by atoms with Crippen LogP contribution in [0.15, 0.2) is 124 Å². The largest absolute Gasteiger partial charge is 0.280 e. The first kappa shape index (κ1) is 25.2. The zero-order chi connectivity index (χ0) is 25.8. The number of nitrogens with one attached hydrogen (secondary N) is 3. The molecule has 12 heteroatoms. The van der Waals surface area contributed by atoms with E-state index >= 15 is 0 Å². The highest BCUT2D eigenvalue weighted by Gasteiger charge is 2.21. The minimum atomic E-state index is -4.13. The van der Waals surface area contributed by atoms with Crippen LogP contribution in [-0.4, -0.2) is 25.3 Å². The number of anilines is 3. The smallest absolute Gasteiger partial charge is 0.261 e. The van der Waals surface area contributed by atoms with Gasteiger partial charge in [0, 0.05) is 0 Å². The summed E-state index contributed by atoms with van der Waals surface area (Å²) in [7, 11) is -12.2. The molecule has 0 bridgehead atoms. The van der Waals surface area contributed by atoms with Gasteiger partial charge in [0.15, 0.2) is 0 Å². The number of hydrogen-bond acceptors (Lipinski definition) is 6. The van der Waals surface area contributed by atoms with Crippen LogP contribution in [0.2, 0.25) is 0 Å². The number of rotatable bonds is 9. The van der Waals surface area contributed by atoms with Crippen LogP contribution >= 0.6 is 0 Å². The molecule has 0 fully saturated rings. The molecule has 0 saturated carbocycles. The first-order chi connectivity index (χ1) is 17.1. The number of hydrogen-bond donors (Lipinski definition) is 3. The molecule has 4 aromatic rings. The van der Waals surface area contributed by atoms with Crippen LogP contribution in [0.4, 0.5) is 17.1 Å². The van der Waals surface area contributed by atoms with E-state index in [9.17, 15) is 25.3 Å². The van der Waals surface area contributed by atoms with Gasteiger partial charge >= 0.3 is 0 Å². The van der Waals surface area contributed by atoms with Crippen molar-refractivity contribution in [3.63, 3.8) is 0 Å². The Hall–Kier alpha value is -3.87. The molecule has 4 aromatic carbocycles. The Balaban J connectivity index is 1.74. The maximum absolute atomic E-state index is 13.0. The third-order valence-electron chi connectivity index (χ3n) is 4.92. The van der Waals surface area contributed by atoms with E-state index in [1.54, 1.807) is 42.5 Å². The predicted octanol–water partition coefficient (Wildman–Crippen LogP) is 4.09. The first-order valence-corrected chi connectivity index (χ1v) is 14.9. The van der Waals surface area contributed by atoms with Gasteiger partial charge in [0.25, 0.3) is 30.1 Å². The number of benzene rings is 4. The van der Waals surface area contributed by atoms with Crippen molar-refractivity contribution in [1.29, 1.82) is 0 Å². The van der Waals surface area contributed by atoms with E-state index in [2.05, 4.69) is 14.2 Å². The van der Waals surface area contributed by atoms with Gasteiger partial charge in [-0.25, -0.2) is 25.3 Å². The van der Waals surface area contributed by atoms with E-state index in [0.29, 0.717) is 0 Å². The van der Waals surface area contributed by atoms with Gasteiger partial charge in [0.05, 0.1) is 31.7 Å². The lowest BCUT2D eigenvalue weighted by Crippen LogP contribution is -2.18. The fourth-order valence-corrected chi connectivity index (χ4v) is 6.46. The molecule has 0 aliphatic rings. The van der Waals surface area contributed by atoms with E-state index in [4.69, 9.17) is 0 Å². The second-order valence-electron chi connectivity index (χ2n) is 7.52. The Bertz CT molecular complexity index is 1680. The zero-order valence-electron chi connectivity index (χ0n) is 18.6. The average Bonchev–Trinajstić information content (AvgIpc) is 2.87. The van der Waals surface area contributed by atoms with E-state index in [1.165, 1.54) is 66.7 Å². The monoisotopic (exact) mass is 543 g/mol. The third-order valence-corrected chi connectivity index (χ3v) is 9.08. The van der Waals surface area contributed by atoms with Gasteiger partial charge in [-0.05, 0) is 54.6 Å². The minimum absolute atomic E-state index is 0.00488. The van der Waals surface area contributed by atoms with Crippen molar-refractivity contribution in [3.05, 3.63) is 109 Å². The lowest BCUT2D eigenvalue weighted by Gasteiger charge is -2.17. The van der Waals surface area contributed by atoms with E-state index in [0.717, 1.165) is 0 Å². The highest BCUT2D eigenvalue weighted by Crippen LogP contribution is 2.31. The third kappa shape index (κ3) is 5.85. The molecule has 0 amide bonds. The van der Waals surface area contributed by atoms with Crippen LogP contribution in [0, 0.1) is 0 Å². The van der Waals surface area contributed by atoms with Crippen LogP contribution in [0.5, 0.6) is 0 Å². The number of sulfonamides is 3. The van der Waals surface area contributed by atoms with Crippen LogP contribution in [0.25, 0.3) is 0 Å². The summed E-state index contributed by atoms with van der Waals surface area (Å²) in [5, 5.41) is 0. The van der Waals surface area contributed by atoms with Gasteiger partial charge in [-0.1, -0.05) is 54.6 Å². The van der Waals surface area contributed by atoms with Crippen molar-refractivity contribution in [2.45, 2.75) is 14.7 Å². The highest BCUT2D eigenvalue weighted by molar-refractivity contribution is 7.93. The summed E-state index contributed by atoms with van der Waals surface area (Å²) >= 11 is 0. The summed E-state index contributed by atoms with van der Waals surface area (Å²) in [4.78, 5) is -0.0851. The van der Waals surface area contributed by atoms with Gasteiger partial charge in [0.2, 0.25) is 0 Å². The summed E-state index contributed by atoms with van der Waals surface area (Å²) in [6.07, 6.45) is 0. The fraction of sp³-hybridized carbons (Fsp3) is 0. The summed E-state index contributed by atoms with van der Waals surface area (Å²) in [5.41, 5.74) is -0.250. The van der Waals surface area contributed by atoms with Crippen molar-refractivity contribution < 1.29 is 25.3 Å². The molecule has 4 rings (SSSR count). The van der Waals surface area contributed by atoms with Crippen LogP contribution in [0.1, 0.15) is 0 Å². The summed E-state index contributed by atoms with van der Waals surface area (Å²) in [6.45, 7) is 0. The lowest BCUT2D eigenvalue weighted by atomic mass is 10.2. The molecular weight excluding hydrogens is 522 g/mol. The standard InChI is InChI=1S/C24H21N3O6S3/c28-34(29,20-10-4-1-5-11-20)25-19-16-17-23(26-35(30,31)21-12-6-2-7-13-21)24(18-19)27-36(32,33)22-14-8-3-9-15-22/h1-18,25-27H. The summed E-state index contributed by atoms with van der Waals surface area (Å²) in [6, 6.07) is 26.4. The quantitative estimate of drug-likeness (QED) is 0.291. The molecule has 0 atom stereocenters. The van der Waals surface area contributed by atoms with Gasteiger partial charge < -0.3 is 0 Å². The molecule has 36 heavy (non-hydrogen) atoms. The van der Waals surface area contributed by atoms with Gasteiger partial charge in [0.1, 0.15) is 0 Å². The van der Waals surface area contributed by atoms with E-state index in [-0.39, 0.29) is 31.7 Å². The molecule has 0 spiro atoms. The Kier molecular flexibility index (Phi) is 7.02. The van der Waals surface area contributed by atoms with E-state index in [1.807, 2.05) is 0 Å². The van der Waals surface area contributed by atoms with Crippen molar-refractivity contribution in [2.24, 2.45) is 0 Å². The molecule has 0 unspecified atom stereocenters. The van der Waals surface area contributed by atoms with Gasteiger partial charge in [-0.3, -0.25) is 14.2 Å². The Morgan fingerprint density at radius 2 is 0.750 bits per heavy atom. The molecule has 0 aromatic heterocycles. The molecule has 0 saturated heterocycles. The summed E-state index contributed by atoms with van der Waals surface area (Å²) < 4.78 is 84.4. The second-order valence-corrected chi connectivity index (χ2v) is 12.6. The molecule has 186 valence electrons. The molecular formula is C24H21N3O6S3. The SMILES string of the molecule is O=S(=O)(Nc1ccc(NS(=O)(=O)c2ccccc2)c(NS(=O)(=O)c2ccccc2)c1)c1ccccc1. The highest BCUT2D eigenvalue weighted by atomic mass is 32.2. The zero-order valence-corrected chi connectivity index (χ0v) is 21.0. The van der Waals surface area contributed by atoms with Crippen molar-refractivity contribution in [2.75, 3.05) is 14.2 Å². The average molecular weight is 544 g/mol. The topological polar surface area (TPSA) is 139 Å². The van der Waals surface area contributed by atoms with Crippen molar-refractivity contribution in [1.82, 2.24) is 0 Å². The first-order valence-electron chi connectivity index (χ1n) is 10.4. The van der Waals surface area contributed by atoms with Crippen molar-refractivity contribution >= 4 is 47.1 Å². The van der Waals surface area contributed by atoms with Crippen LogP contribution < -0.4 is 14.2 Å². The Morgan fingerprint density at radius 1 is 0.389 bits per heavy atom. The maximum Gasteiger partial charge on any atom is 0.261 e. The molecule has 0 radical (unpaired) electrons. The normalized spacial score (nSPS) is 12.0. The maximum atomic E-state index is 13.0. The molecule has 0 heterocycles. The van der Waals surface area contributed by atoms with Crippen LogP contribution in [0.3, 0.4) is 0 Å². The van der Waals surface area contributed by atoms with Gasteiger partial charge in [-0.2, -0.15) is 0 Å². The summed E-state index contributed by atoms with van der Waals surface area (Å²) in [5.74, 6) is 0. The molecule has 9 nitrogen and oxygen atoms in total. The van der Waals surface area contributed by atoms with E-state index < -0.39 is 30.1 Å².